The molecule has 0 aliphatic heterocycles. The summed E-state index contributed by atoms with van der Waals surface area (Å²) in [5.41, 5.74) is 0. The molecule has 0 rings (SSSR count). The van der Waals surface area contributed by atoms with Gasteiger partial charge in [0.15, 0.2) is 0 Å². The molecule has 0 aliphatic carbocycles. The topological polar surface area (TPSA) is 35.9 Å². The van der Waals surface area contributed by atoms with Gasteiger partial charge in [-0.2, -0.15) is 0 Å². The monoisotopic (exact) mass is 196 g/mol. The summed E-state index contributed by atoms with van der Waals surface area (Å²) >= 11 is 0. The summed E-state index contributed by atoms with van der Waals surface area (Å²) in [5.74, 6) is 3.62. The van der Waals surface area contributed by atoms with Crippen molar-refractivity contribution in [3.05, 3.63) is 6.08 Å². The largest absolute Gasteiger partial charge is 0.316 e. The van der Waals surface area contributed by atoms with E-state index >= 15 is 0 Å². The van der Waals surface area contributed by atoms with Crippen LogP contribution >= 0.6 is 0 Å². The van der Waals surface area contributed by atoms with Gasteiger partial charge >= 0.3 is 0 Å². The fourth-order valence-corrected chi connectivity index (χ4v) is 1.81. The number of rotatable bonds is 7. The molecule has 0 aliphatic rings. The zero-order valence-electron chi connectivity index (χ0n) is 9.93. The fraction of sp³-hybridized carbons (Fsp3) is 0.833. The van der Waals surface area contributed by atoms with Crippen molar-refractivity contribution in [2.24, 2.45) is 11.8 Å². The summed E-state index contributed by atoms with van der Waals surface area (Å²) in [5, 5.41) is 10.4. The second-order valence-electron chi connectivity index (χ2n) is 4.03. The molecule has 0 saturated carbocycles. The predicted octanol–water partition coefficient (Wildman–Crippen LogP) is 2.84. The Balaban J connectivity index is 4.33. The van der Waals surface area contributed by atoms with Gasteiger partial charge in [-0.25, -0.2) is 0 Å². The van der Waals surface area contributed by atoms with Crippen molar-refractivity contribution in [3.63, 3.8) is 0 Å². The number of hydrogen-bond acceptors (Lipinski definition) is 2. The summed E-state index contributed by atoms with van der Waals surface area (Å²) in [6.45, 7) is 6.67. The quantitative estimate of drug-likeness (QED) is 0.603. The Bertz CT molecular complexity index is 179. The van der Waals surface area contributed by atoms with Gasteiger partial charge < -0.3 is 5.32 Å². The van der Waals surface area contributed by atoms with E-state index in [1.54, 1.807) is 0 Å². The molecule has 0 bridgehead atoms. The first kappa shape index (κ1) is 13.4. The van der Waals surface area contributed by atoms with Crippen LogP contribution in [0.25, 0.3) is 0 Å². The van der Waals surface area contributed by atoms with Gasteiger partial charge in [0, 0.05) is 12.0 Å². The highest BCUT2D eigenvalue weighted by molar-refractivity contribution is 5.48. The minimum Gasteiger partial charge on any atom is -0.316 e. The van der Waals surface area contributed by atoms with Crippen molar-refractivity contribution in [2.75, 3.05) is 7.05 Å². The van der Waals surface area contributed by atoms with Gasteiger partial charge in [-0.1, -0.05) is 27.2 Å². The molecule has 0 aromatic carbocycles. The van der Waals surface area contributed by atoms with E-state index in [9.17, 15) is 0 Å². The summed E-state index contributed by atoms with van der Waals surface area (Å²) in [4.78, 5) is 0. The van der Waals surface area contributed by atoms with Gasteiger partial charge in [0.25, 0.3) is 0 Å². The maximum absolute atomic E-state index is 7.04. The summed E-state index contributed by atoms with van der Waals surface area (Å²) in [6, 6.07) is 0.488. The van der Waals surface area contributed by atoms with Crippen LogP contribution in [0.4, 0.5) is 0 Å². The molecular formula is C12H24N2. The van der Waals surface area contributed by atoms with Gasteiger partial charge in [0.2, 0.25) is 0 Å². The second-order valence-corrected chi connectivity index (χ2v) is 4.03. The van der Waals surface area contributed by atoms with Crippen LogP contribution in [0, 0.1) is 17.2 Å². The van der Waals surface area contributed by atoms with Crippen molar-refractivity contribution >= 4 is 5.87 Å². The average molecular weight is 196 g/mol. The van der Waals surface area contributed by atoms with Crippen LogP contribution in [-0.2, 0) is 0 Å². The van der Waals surface area contributed by atoms with Crippen LogP contribution < -0.4 is 5.32 Å². The average Bonchev–Trinajstić information content (AvgIpc) is 2.19. The molecule has 0 aromatic heterocycles. The fourth-order valence-electron chi connectivity index (χ4n) is 1.81. The lowest BCUT2D eigenvalue weighted by Gasteiger charge is -2.24. The molecular weight excluding hydrogens is 172 g/mol. The Morgan fingerprint density at radius 3 is 2.36 bits per heavy atom. The van der Waals surface area contributed by atoms with Crippen LogP contribution in [0.2, 0.25) is 0 Å². The van der Waals surface area contributed by atoms with Gasteiger partial charge in [0.1, 0.15) is 0 Å². The molecule has 0 spiro atoms. The summed E-state index contributed by atoms with van der Waals surface area (Å²) < 4.78 is 0. The van der Waals surface area contributed by atoms with E-state index in [0.29, 0.717) is 12.0 Å². The Hall–Kier alpha value is -0.590. The van der Waals surface area contributed by atoms with E-state index in [2.05, 4.69) is 32.0 Å². The maximum Gasteiger partial charge on any atom is 0.0131 e. The van der Waals surface area contributed by atoms with Crippen molar-refractivity contribution < 1.29 is 0 Å². The van der Waals surface area contributed by atoms with Crippen molar-refractivity contribution in [1.82, 2.24) is 5.32 Å². The zero-order valence-corrected chi connectivity index (χ0v) is 9.93. The van der Waals surface area contributed by atoms with Gasteiger partial charge in [-0.3, -0.25) is 5.41 Å². The molecule has 0 amide bonds. The first-order valence-electron chi connectivity index (χ1n) is 5.62. The number of hydrogen-bond donors (Lipinski definition) is 2. The van der Waals surface area contributed by atoms with Crippen LogP contribution in [0.1, 0.15) is 40.0 Å². The zero-order chi connectivity index (χ0) is 11.0. The SMILES string of the molecule is CC[C@H](C)C[C@@H](C=C=N)[C@@H](CC)NC. The highest BCUT2D eigenvalue weighted by Gasteiger charge is 2.17. The lowest BCUT2D eigenvalue weighted by atomic mass is 9.87. The minimum atomic E-state index is 0.456. The molecule has 2 heteroatoms. The number of nitrogens with one attached hydrogen (secondary N) is 2. The smallest absolute Gasteiger partial charge is 0.0131 e. The van der Waals surface area contributed by atoms with Gasteiger partial charge in [0.05, 0.1) is 0 Å². The Kier molecular flexibility index (Phi) is 7.45. The molecule has 0 fully saturated rings. The molecule has 0 heterocycles. The van der Waals surface area contributed by atoms with E-state index in [4.69, 9.17) is 5.41 Å². The molecule has 0 aromatic rings. The van der Waals surface area contributed by atoms with E-state index < -0.39 is 0 Å². The molecule has 2 nitrogen and oxygen atoms in total. The van der Waals surface area contributed by atoms with E-state index in [0.717, 1.165) is 18.8 Å². The lowest BCUT2D eigenvalue weighted by Crippen LogP contribution is -2.32. The Labute approximate surface area is 88.3 Å². The predicted molar refractivity (Wildman–Crippen MR) is 63.0 cm³/mol. The lowest BCUT2D eigenvalue weighted by molar-refractivity contribution is 0.347. The molecule has 0 unspecified atom stereocenters. The van der Waals surface area contributed by atoms with Gasteiger partial charge in [-0.15, -0.1) is 0 Å². The van der Waals surface area contributed by atoms with Crippen LogP contribution in [-0.4, -0.2) is 19.0 Å². The molecule has 3 atom stereocenters. The van der Waals surface area contributed by atoms with Crippen LogP contribution in [0.3, 0.4) is 0 Å². The molecule has 0 saturated heterocycles. The Morgan fingerprint density at radius 1 is 1.36 bits per heavy atom. The second kappa shape index (κ2) is 7.78. The third-order valence-corrected chi connectivity index (χ3v) is 3.00. The van der Waals surface area contributed by atoms with Crippen LogP contribution in [0.15, 0.2) is 6.08 Å². The van der Waals surface area contributed by atoms with Gasteiger partial charge in [-0.05, 0) is 37.8 Å². The molecule has 2 N–H and O–H groups in total. The third-order valence-electron chi connectivity index (χ3n) is 3.00. The first-order chi connectivity index (χ1) is 6.69. The minimum absolute atomic E-state index is 0.456. The van der Waals surface area contributed by atoms with Crippen molar-refractivity contribution in [3.8, 4) is 0 Å². The van der Waals surface area contributed by atoms with E-state index in [-0.39, 0.29) is 0 Å². The highest BCUT2D eigenvalue weighted by atomic mass is 14.9. The molecule has 82 valence electrons. The third kappa shape index (κ3) is 4.59. The van der Waals surface area contributed by atoms with Crippen molar-refractivity contribution in [2.45, 2.75) is 46.1 Å². The summed E-state index contributed by atoms with van der Waals surface area (Å²) in [7, 11) is 2.00. The van der Waals surface area contributed by atoms with Crippen LogP contribution in [0.5, 0.6) is 0 Å². The van der Waals surface area contributed by atoms with E-state index in [1.165, 1.54) is 6.42 Å². The normalized spacial score (nSPS) is 16.9. The highest BCUT2D eigenvalue weighted by Crippen LogP contribution is 2.20. The molecule has 0 radical (unpaired) electrons. The standard InChI is InChI=1S/C12H24N2/c1-5-10(3)9-11(7-8-13)12(6-2)14-4/h7,10-14H,5-6,9H2,1-4H3/t10-,11+,12+/m0/s1. The summed E-state index contributed by atoms with van der Waals surface area (Å²) in [6.07, 6.45) is 5.37. The van der Waals surface area contributed by atoms with E-state index in [1.807, 2.05) is 13.1 Å². The maximum atomic E-state index is 7.04. The molecule has 14 heavy (non-hydrogen) atoms. The first-order valence-corrected chi connectivity index (χ1v) is 5.62. The Morgan fingerprint density at radius 2 is 2.00 bits per heavy atom. The van der Waals surface area contributed by atoms with Crippen molar-refractivity contribution in [1.29, 1.82) is 5.41 Å².